The highest BCUT2D eigenvalue weighted by Gasteiger charge is 2.16. The van der Waals surface area contributed by atoms with Crippen LogP contribution in [0.25, 0.3) is 0 Å². The third kappa shape index (κ3) is 9.51. The normalized spacial score (nSPS) is 14.1. The van der Waals surface area contributed by atoms with Crippen molar-refractivity contribution in [3.63, 3.8) is 0 Å². The number of rotatable bonds is 10. The Hall–Kier alpha value is -1.55. The molecule has 0 unspecified atom stereocenters. The van der Waals surface area contributed by atoms with Crippen LogP contribution in [-0.2, 0) is 16.1 Å². The zero-order chi connectivity index (χ0) is 20.9. The fourth-order valence-corrected chi connectivity index (χ4v) is 3.23. The maximum atomic E-state index is 12.4. The van der Waals surface area contributed by atoms with E-state index in [1.54, 1.807) is 7.11 Å². The number of aliphatic imine (C=N–C) groups is 1. The first-order valence-corrected chi connectivity index (χ1v) is 10.6. The first kappa shape index (κ1) is 26.5. The lowest BCUT2D eigenvalue weighted by Crippen LogP contribution is -2.46. The number of ether oxygens (including phenoxy) is 2. The van der Waals surface area contributed by atoms with Crippen LogP contribution < -0.4 is 15.4 Å². The molecule has 0 radical (unpaired) electrons. The molecule has 0 aliphatic carbocycles. The van der Waals surface area contributed by atoms with Crippen LogP contribution in [0.15, 0.2) is 23.2 Å². The molecular weight excluding hydrogens is 495 g/mol. The van der Waals surface area contributed by atoms with Crippen molar-refractivity contribution >= 4 is 35.8 Å². The van der Waals surface area contributed by atoms with Gasteiger partial charge in [0.15, 0.2) is 5.96 Å². The average Bonchev–Trinajstić information content (AvgIpc) is 2.74. The maximum Gasteiger partial charge on any atom is 0.241 e. The minimum atomic E-state index is 0. The Morgan fingerprint density at radius 1 is 1.17 bits per heavy atom. The quantitative estimate of drug-likeness (QED) is 0.210. The molecule has 170 valence electrons. The van der Waals surface area contributed by atoms with Crippen LogP contribution in [0.1, 0.15) is 43.7 Å². The van der Waals surface area contributed by atoms with Crippen LogP contribution >= 0.6 is 24.0 Å². The van der Waals surface area contributed by atoms with E-state index in [0.29, 0.717) is 25.7 Å². The number of hydrogen-bond acceptors (Lipinski definition) is 4. The van der Waals surface area contributed by atoms with Crippen molar-refractivity contribution in [2.24, 2.45) is 4.99 Å². The van der Waals surface area contributed by atoms with E-state index in [2.05, 4.69) is 21.7 Å². The Morgan fingerprint density at radius 2 is 1.93 bits per heavy atom. The summed E-state index contributed by atoms with van der Waals surface area (Å²) in [5, 5.41) is 6.38. The van der Waals surface area contributed by atoms with Gasteiger partial charge in [-0.2, -0.15) is 0 Å². The Balaban J connectivity index is 0.00000450. The Labute approximate surface area is 198 Å². The zero-order valence-electron chi connectivity index (χ0n) is 18.5. The summed E-state index contributed by atoms with van der Waals surface area (Å²) in [6, 6.07) is 6.15. The molecule has 30 heavy (non-hydrogen) atoms. The number of halogens is 1. The van der Waals surface area contributed by atoms with E-state index in [1.807, 2.05) is 30.9 Å². The fraction of sp³-hybridized carbons (Fsp3) is 0.636. The molecule has 0 atom stereocenters. The number of hydrogen-bond donors (Lipinski definition) is 2. The van der Waals surface area contributed by atoms with E-state index in [-0.39, 0.29) is 36.4 Å². The molecule has 2 N–H and O–H groups in total. The molecule has 7 nitrogen and oxygen atoms in total. The average molecular weight is 532 g/mol. The number of amides is 1. The van der Waals surface area contributed by atoms with Crippen LogP contribution in [-0.4, -0.2) is 63.3 Å². The first-order valence-electron chi connectivity index (χ1n) is 10.6. The molecule has 1 aromatic rings. The SMILES string of the molecule is CCNC(=NCc1ccc(C)cc1OCCCOC)NCC(=O)N1CCCCC1.I. The second-order valence-electron chi connectivity index (χ2n) is 7.30. The minimum absolute atomic E-state index is 0. The first-order chi connectivity index (χ1) is 14.1. The molecule has 1 saturated heterocycles. The predicted octanol–water partition coefficient (Wildman–Crippen LogP) is 3.10. The number of likely N-dealkylation sites (tertiary alicyclic amines) is 1. The van der Waals surface area contributed by atoms with Gasteiger partial charge in [0.05, 0.1) is 19.7 Å². The minimum Gasteiger partial charge on any atom is -0.493 e. The maximum absolute atomic E-state index is 12.4. The van der Waals surface area contributed by atoms with Gasteiger partial charge in [-0.1, -0.05) is 12.1 Å². The summed E-state index contributed by atoms with van der Waals surface area (Å²) in [6.45, 7) is 8.55. The molecular formula is C22H37IN4O3. The molecule has 0 aromatic heterocycles. The molecule has 0 spiro atoms. The van der Waals surface area contributed by atoms with Gasteiger partial charge in [-0.15, -0.1) is 24.0 Å². The topological polar surface area (TPSA) is 75.2 Å². The van der Waals surface area contributed by atoms with Crippen molar-refractivity contribution in [2.75, 3.05) is 46.5 Å². The van der Waals surface area contributed by atoms with Gasteiger partial charge in [-0.25, -0.2) is 4.99 Å². The molecule has 1 aromatic carbocycles. The van der Waals surface area contributed by atoms with Crippen LogP contribution in [0.5, 0.6) is 5.75 Å². The third-order valence-electron chi connectivity index (χ3n) is 4.84. The van der Waals surface area contributed by atoms with E-state index >= 15 is 0 Å². The number of nitrogens with zero attached hydrogens (tertiary/aromatic N) is 2. The van der Waals surface area contributed by atoms with Gasteiger partial charge in [0.2, 0.25) is 5.91 Å². The number of aryl methyl sites for hydroxylation is 1. The standard InChI is InChI=1S/C22H36N4O3.HI/c1-4-23-22(25-17-21(27)26-11-6-5-7-12-26)24-16-19-10-9-18(2)15-20(19)29-14-8-13-28-3;/h9-10,15H,4-8,11-14,16-17H2,1-3H3,(H2,23,24,25);1H. The van der Waals surface area contributed by atoms with Crippen LogP contribution in [0.4, 0.5) is 0 Å². The predicted molar refractivity (Wildman–Crippen MR) is 132 cm³/mol. The molecule has 1 aliphatic heterocycles. The van der Waals surface area contributed by atoms with E-state index in [0.717, 1.165) is 55.8 Å². The van der Waals surface area contributed by atoms with E-state index in [1.165, 1.54) is 6.42 Å². The Bertz CT molecular complexity index is 664. The monoisotopic (exact) mass is 532 g/mol. The van der Waals surface area contributed by atoms with Gasteiger partial charge >= 0.3 is 0 Å². The van der Waals surface area contributed by atoms with Crippen molar-refractivity contribution < 1.29 is 14.3 Å². The second kappa shape index (κ2) is 15.3. The summed E-state index contributed by atoms with van der Waals surface area (Å²) in [5.41, 5.74) is 2.17. The number of carbonyl (C=O) groups excluding carboxylic acids is 1. The molecule has 1 aliphatic rings. The van der Waals surface area contributed by atoms with Crippen molar-refractivity contribution in [1.29, 1.82) is 0 Å². The van der Waals surface area contributed by atoms with Crippen molar-refractivity contribution in [3.8, 4) is 5.75 Å². The summed E-state index contributed by atoms with van der Waals surface area (Å²) >= 11 is 0. The van der Waals surface area contributed by atoms with Crippen LogP contribution in [0.2, 0.25) is 0 Å². The van der Waals surface area contributed by atoms with E-state index in [9.17, 15) is 4.79 Å². The van der Waals surface area contributed by atoms with Gasteiger partial charge in [0.1, 0.15) is 5.75 Å². The molecule has 1 amide bonds. The lowest BCUT2D eigenvalue weighted by molar-refractivity contribution is -0.130. The number of benzene rings is 1. The van der Waals surface area contributed by atoms with Gasteiger partial charge in [-0.05, 0) is 44.7 Å². The van der Waals surface area contributed by atoms with Crippen molar-refractivity contribution in [3.05, 3.63) is 29.3 Å². The number of nitrogens with one attached hydrogen (secondary N) is 2. The smallest absolute Gasteiger partial charge is 0.241 e. The van der Waals surface area contributed by atoms with Gasteiger partial charge in [0, 0.05) is 45.3 Å². The number of guanidine groups is 1. The summed E-state index contributed by atoms with van der Waals surface area (Å²) in [4.78, 5) is 19.0. The Morgan fingerprint density at radius 3 is 2.63 bits per heavy atom. The number of piperidine rings is 1. The van der Waals surface area contributed by atoms with Gasteiger partial charge in [0.25, 0.3) is 0 Å². The largest absolute Gasteiger partial charge is 0.493 e. The highest BCUT2D eigenvalue weighted by Crippen LogP contribution is 2.21. The van der Waals surface area contributed by atoms with E-state index < -0.39 is 0 Å². The lowest BCUT2D eigenvalue weighted by Gasteiger charge is -2.27. The molecule has 1 fully saturated rings. The summed E-state index contributed by atoms with van der Waals surface area (Å²) in [5.74, 6) is 1.63. The van der Waals surface area contributed by atoms with Crippen molar-refractivity contribution in [1.82, 2.24) is 15.5 Å². The van der Waals surface area contributed by atoms with Crippen LogP contribution in [0, 0.1) is 6.92 Å². The molecule has 8 heteroatoms. The van der Waals surface area contributed by atoms with Gasteiger partial charge < -0.3 is 25.0 Å². The van der Waals surface area contributed by atoms with Crippen LogP contribution in [0.3, 0.4) is 0 Å². The summed E-state index contributed by atoms with van der Waals surface area (Å²) in [7, 11) is 1.69. The summed E-state index contributed by atoms with van der Waals surface area (Å²) < 4.78 is 11.0. The highest BCUT2D eigenvalue weighted by atomic mass is 127. The zero-order valence-corrected chi connectivity index (χ0v) is 20.9. The second-order valence-corrected chi connectivity index (χ2v) is 7.30. The summed E-state index contributed by atoms with van der Waals surface area (Å²) in [6.07, 6.45) is 4.25. The van der Waals surface area contributed by atoms with Gasteiger partial charge in [-0.3, -0.25) is 4.79 Å². The molecule has 2 rings (SSSR count). The number of methoxy groups -OCH3 is 1. The fourth-order valence-electron chi connectivity index (χ4n) is 3.23. The van der Waals surface area contributed by atoms with Crippen molar-refractivity contribution in [2.45, 2.75) is 46.1 Å². The highest BCUT2D eigenvalue weighted by molar-refractivity contribution is 14.0. The molecule has 0 bridgehead atoms. The Kier molecular flexibility index (Phi) is 13.5. The molecule has 0 saturated carbocycles. The molecule has 1 heterocycles. The van der Waals surface area contributed by atoms with E-state index in [4.69, 9.17) is 9.47 Å². The third-order valence-corrected chi connectivity index (χ3v) is 4.84. The lowest BCUT2D eigenvalue weighted by atomic mass is 10.1. The number of carbonyl (C=O) groups is 1.